The van der Waals surface area contributed by atoms with Crippen LogP contribution in [0.2, 0.25) is 0 Å². The third-order valence-electron chi connectivity index (χ3n) is 15.8. The molecule has 6 heterocycles. The van der Waals surface area contributed by atoms with Crippen LogP contribution in [0.3, 0.4) is 0 Å². The van der Waals surface area contributed by atoms with E-state index in [9.17, 15) is 24.9 Å². The van der Waals surface area contributed by atoms with Crippen molar-refractivity contribution in [3.63, 3.8) is 0 Å². The highest BCUT2D eigenvalue weighted by atomic mass is 16.8. The molecule has 0 aromatic carbocycles. The number of aliphatic hydroxyl groups is 2. The number of methoxy groups -OCH3 is 1. The maximum absolute atomic E-state index is 13.4. The number of hydrogen-bond donors (Lipinski definition) is 3. The van der Waals surface area contributed by atoms with Crippen LogP contribution in [0.15, 0.2) is 11.6 Å². The molecule has 0 amide bonds. The van der Waals surface area contributed by atoms with Gasteiger partial charge in [-0.3, -0.25) is 9.59 Å². The maximum Gasteiger partial charge on any atom is 0.306 e. The van der Waals surface area contributed by atoms with E-state index in [0.717, 1.165) is 6.42 Å². The molecule has 344 valence electrons. The molecule has 6 aliphatic heterocycles. The highest BCUT2D eigenvalue weighted by Crippen LogP contribution is 2.56. The van der Waals surface area contributed by atoms with Gasteiger partial charge in [0.05, 0.1) is 73.1 Å². The van der Waals surface area contributed by atoms with Crippen LogP contribution in [-0.2, 0) is 47.5 Å². The summed E-state index contributed by atoms with van der Waals surface area (Å²) in [6, 6.07) is 0. The monoisotopic (exact) mass is 851 g/mol. The smallest absolute Gasteiger partial charge is 0.306 e. The van der Waals surface area contributed by atoms with Crippen LogP contribution in [0, 0.1) is 47.3 Å². The van der Waals surface area contributed by atoms with E-state index in [2.05, 4.69) is 27.7 Å². The summed E-state index contributed by atoms with van der Waals surface area (Å²) in [7, 11) is 1.71. The number of ketones is 1. The van der Waals surface area contributed by atoms with E-state index in [1.54, 1.807) is 34.8 Å². The Kier molecular flexibility index (Phi) is 14.5. The predicted molar refractivity (Wildman–Crippen MR) is 223 cm³/mol. The molecule has 0 aliphatic carbocycles. The second-order valence-corrected chi connectivity index (χ2v) is 20.7. The Morgan fingerprint density at radius 2 is 1.58 bits per heavy atom. The molecule has 3 N–H and O–H groups in total. The van der Waals surface area contributed by atoms with Crippen molar-refractivity contribution in [2.24, 2.45) is 47.3 Å². The molecule has 60 heavy (non-hydrogen) atoms. The van der Waals surface area contributed by atoms with Crippen LogP contribution >= 0.6 is 0 Å². The highest BCUT2D eigenvalue weighted by Gasteiger charge is 2.65. The average molecular weight is 851 g/mol. The van der Waals surface area contributed by atoms with Crippen molar-refractivity contribution in [3.8, 4) is 0 Å². The molecule has 0 radical (unpaired) electrons. The van der Waals surface area contributed by atoms with Gasteiger partial charge in [0, 0.05) is 68.3 Å². The van der Waals surface area contributed by atoms with Crippen molar-refractivity contribution in [1.29, 1.82) is 0 Å². The Balaban J connectivity index is 1.24. The summed E-state index contributed by atoms with van der Waals surface area (Å²) in [6.07, 6.45) is 3.58. The lowest BCUT2D eigenvalue weighted by Crippen LogP contribution is -2.63. The van der Waals surface area contributed by atoms with Crippen LogP contribution in [0.5, 0.6) is 0 Å². The van der Waals surface area contributed by atoms with Crippen molar-refractivity contribution in [2.45, 2.75) is 212 Å². The minimum Gasteiger partial charge on any atom is -0.481 e. The summed E-state index contributed by atoms with van der Waals surface area (Å²) in [6.45, 7) is 24.0. The molecule has 6 aliphatic rings. The summed E-state index contributed by atoms with van der Waals surface area (Å²) in [5.74, 6) is -5.96. The lowest BCUT2D eigenvalue weighted by Gasteiger charge is -2.54. The first kappa shape index (κ1) is 47.9. The van der Waals surface area contributed by atoms with Gasteiger partial charge in [-0.05, 0) is 64.9 Å². The first-order valence-corrected chi connectivity index (χ1v) is 23.0. The number of hydrogen-bond acceptors (Lipinski definition) is 12. The second-order valence-electron chi connectivity index (χ2n) is 20.7. The minimum absolute atomic E-state index is 0.0107. The fourth-order valence-corrected chi connectivity index (χ4v) is 11.6. The lowest BCUT2D eigenvalue weighted by molar-refractivity contribution is -0.384. The van der Waals surface area contributed by atoms with Crippen molar-refractivity contribution in [1.82, 2.24) is 0 Å². The molecule has 6 fully saturated rings. The molecule has 0 bridgehead atoms. The zero-order chi connectivity index (χ0) is 44.3. The van der Waals surface area contributed by atoms with Crippen molar-refractivity contribution in [2.75, 3.05) is 13.7 Å². The summed E-state index contributed by atoms with van der Waals surface area (Å²) in [5.41, 5.74) is -0.275. The van der Waals surface area contributed by atoms with E-state index in [4.69, 9.17) is 37.9 Å². The molecular formula is C47H78O13. The molecule has 2 spiro atoms. The third kappa shape index (κ3) is 9.47. The summed E-state index contributed by atoms with van der Waals surface area (Å²) in [4.78, 5) is 24.8. The van der Waals surface area contributed by atoms with Gasteiger partial charge >= 0.3 is 5.97 Å². The van der Waals surface area contributed by atoms with Crippen molar-refractivity contribution >= 4 is 11.8 Å². The molecule has 6 saturated heterocycles. The summed E-state index contributed by atoms with van der Waals surface area (Å²) in [5, 5.41) is 32.2. The van der Waals surface area contributed by atoms with Crippen LogP contribution in [-0.4, -0.2) is 119 Å². The number of carboxylic acids is 1. The van der Waals surface area contributed by atoms with Gasteiger partial charge in [-0.15, -0.1) is 0 Å². The Morgan fingerprint density at radius 3 is 2.25 bits per heavy atom. The predicted octanol–water partition coefficient (Wildman–Crippen LogP) is 6.83. The first-order valence-electron chi connectivity index (χ1n) is 23.0. The lowest BCUT2D eigenvalue weighted by atomic mass is 9.76. The topological polar surface area (TPSA) is 169 Å². The number of carbonyl (C=O) groups is 2. The van der Waals surface area contributed by atoms with Gasteiger partial charge in [-0.1, -0.05) is 61.5 Å². The van der Waals surface area contributed by atoms with Gasteiger partial charge in [-0.25, -0.2) is 0 Å². The summed E-state index contributed by atoms with van der Waals surface area (Å²) >= 11 is 0. The third-order valence-corrected chi connectivity index (χ3v) is 15.8. The minimum atomic E-state index is -1.26. The van der Waals surface area contributed by atoms with E-state index in [1.807, 2.05) is 33.8 Å². The Bertz CT molecular complexity index is 1550. The van der Waals surface area contributed by atoms with Gasteiger partial charge in [0.15, 0.2) is 23.1 Å². The largest absolute Gasteiger partial charge is 0.481 e. The number of rotatable bonds is 12. The van der Waals surface area contributed by atoms with Crippen LogP contribution < -0.4 is 0 Å². The molecule has 6 rings (SSSR count). The van der Waals surface area contributed by atoms with Gasteiger partial charge in [0.2, 0.25) is 0 Å². The number of aliphatic carboxylic acids is 1. The number of carboxylic acid groups (broad SMARTS) is 1. The SMILES string of the molecule is COC1CC(OC2CC([C@]3(C)CC[C@]4(CC(O)C(C)C(C(C)C=C(C)C(=O)C(C)CC(C)C(=O)O)O4)O3)O[C@]3(OC(C4O[C@](C)(O)C(C)CC4C)CC3C)C2C)COC1C. The van der Waals surface area contributed by atoms with Gasteiger partial charge < -0.3 is 53.2 Å². The highest BCUT2D eigenvalue weighted by molar-refractivity contribution is 5.96. The van der Waals surface area contributed by atoms with Crippen LogP contribution in [0.1, 0.15) is 134 Å². The van der Waals surface area contributed by atoms with E-state index < -0.39 is 59.1 Å². The molecule has 0 aromatic rings. The first-order chi connectivity index (χ1) is 27.9. The second kappa shape index (κ2) is 18.2. The Hall–Kier alpha value is -1.52. The number of allylic oxidation sites excluding steroid dienone is 1. The normalized spacial score (nSPS) is 49.2. The van der Waals surface area contributed by atoms with E-state index >= 15 is 0 Å². The van der Waals surface area contributed by atoms with Gasteiger partial charge in [0.25, 0.3) is 0 Å². The molecule has 13 heteroatoms. The van der Waals surface area contributed by atoms with E-state index in [-0.39, 0.29) is 84.3 Å². The number of aliphatic hydroxyl groups excluding tert-OH is 1. The Morgan fingerprint density at radius 1 is 0.883 bits per heavy atom. The number of ether oxygens (including phenoxy) is 8. The average Bonchev–Trinajstić information content (AvgIpc) is 3.69. The van der Waals surface area contributed by atoms with Crippen LogP contribution in [0.4, 0.5) is 0 Å². The quantitative estimate of drug-likeness (QED) is 0.175. The molecular weight excluding hydrogens is 773 g/mol. The molecule has 21 atom stereocenters. The van der Waals surface area contributed by atoms with Crippen molar-refractivity contribution in [3.05, 3.63) is 11.6 Å². The van der Waals surface area contributed by atoms with Gasteiger partial charge in [0.1, 0.15) is 0 Å². The molecule has 0 saturated carbocycles. The Labute approximate surface area is 358 Å². The van der Waals surface area contributed by atoms with E-state index in [0.29, 0.717) is 50.7 Å². The fraction of sp³-hybridized carbons (Fsp3) is 0.915. The molecule has 17 unspecified atom stereocenters. The van der Waals surface area contributed by atoms with Gasteiger partial charge in [-0.2, -0.15) is 0 Å². The summed E-state index contributed by atoms with van der Waals surface area (Å²) < 4.78 is 54.1. The zero-order valence-electron chi connectivity index (χ0n) is 38.7. The molecule has 0 aromatic heterocycles. The van der Waals surface area contributed by atoms with Crippen LogP contribution in [0.25, 0.3) is 0 Å². The van der Waals surface area contributed by atoms with E-state index in [1.165, 1.54) is 0 Å². The fourth-order valence-electron chi connectivity index (χ4n) is 11.6. The number of Topliss-reactive ketones (excluding diaryl/α,β-unsaturated/α-hetero) is 1. The maximum atomic E-state index is 13.4. The van der Waals surface area contributed by atoms with Crippen molar-refractivity contribution < 1.29 is 62.8 Å². The number of carbonyl (C=O) groups excluding carboxylic acids is 1. The molecule has 13 nitrogen and oxygen atoms in total. The zero-order valence-corrected chi connectivity index (χ0v) is 38.7. The standard InChI is InChI=1S/C47H78O13/c1-24(40(49)25(2)17-28(5)43(50)51)16-26(3)41-31(8)35(48)22-46(59-41)15-14-44(11,60-46)39-21-36(55-34-20-37(53-13)33(10)54-23-34)32(9)47(57-39)30(7)19-38(56-47)42-27(4)18-29(6)45(12,52)58-42/h16,25-39,41-42,48,52H,14-15,17-23H2,1-13H3,(H,50,51)/t25?,26?,27?,28?,29?,30?,31?,32?,33?,34?,35?,36?,37?,38?,39?,41?,42?,44-,45-,46+,47-/m0/s1.